The van der Waals surface area contributed by atoms with E-state index in [-0.39, 0.29) is 5.41 Å². The van der Waals surface area contributed by atoms with Gasteiger partial charge in [0.2, 0.25) is 5.91 Å². The normalized spacial score (nSPS) is 16.1. The van der Waals surface area contributed by atoms with E-state index < -0.39 is 0 Å². The Morgan fingerprint density at radius 2 is 1.89 bits per heavy atom. The van der Waals surface area contributed by atoms with Gasteiger partial charge in [0, 0.05) is 18.9 Å². The van der Waals surface area contributed by atoms with E-state index in [1.165, 1.54) is 18.4 Å². The number of unbranched alkanes of at least 4 members (excludes halogenated alkanes) is 2. The Morgan fingerprint density at radius 3 is 2.47 bits per heavy atom. The molecule has 2 nitrogen and oxygen atoms in total. The fraction of sp³-hybridized carbons (Fsp3) is 0.562. The average molecular weight is 324 g/mol. The Kier molecular flexibility index (Phi) is 5.03. The van der Waals surface area contributed by atoms with Crippen molar-refractivity contribution in [2.75, 3.05) is 18.9 Å². The number of carbonyl (C=O) groups is 1. The van der Waals surface area contributed by atoms with Gasteiger partial charge in [0.15, 0.2) is 0 Å². The van der Waals surface area contributed by atoms with Gasteiger partial charge in [-0.05, 0) is 31.2 Å². The highest BCUT2D eigenvalue weighted by Gasteiger charge is 2.52. The third-order valence-electron chi connectivity index (χ3n) is 3.96. The van der Waals surface area contributed by atoms with Gasteiger partial charge in [0.1, 0.15) is 0 Å². The number of hydrogen-bond acceptors (Lipinski definition) is 1. The van der Waals surface area contributed by atoms with Crippen LogP contribution in [0.25, 0.3) is 0 Å². The highest BCUT2D eigenvalue weighted by atomic mass is 79.9. The molecule has 3 heteroatoms. The van der Waals surface area contributed by atoms with Crippen LogP contribution in [0.4, 0.5) is 0 Å². The summed E-state index contributed by atoms with van der Waals surface area (Å²) in [6.07, 6.45) is 5.47. The first-order chi connectivity index (χ1) is 9.20. The van der Waals surface area contributed by atoms with Crippen LogP contribution < -0.4 is 0 Å². The second-order valence-electron chi connectivity index (χ2n) is 5.42. The Labute approximate surface area is 124 Å². The van der Waals surface area contributed by atoms with Crippen molar-refractivity contribution in [1.82, 2.24) is 4.90 Å². The minimum atomic E-state index is -0.203. The summed E-state index contributed by atoms with van der Waals surface area (Å²) in [5, 5.41) is 1.05. The molecule has 1 aromatic carbocycles. The average Bonchev–Trinajstić information content (AvgIpc) is 3.25. The number of nitrogens with zero attached hydrogens (tertiary/aromatic N) is 1. The minimum absolute atomic E-state index is 0.203. The Balaban J connectivity index is 1.92. The molecule has 0 spiro atoms. The summed E-state index contributed by atoms with van der Waals surface area (Å²) in [5.74, 6) is 0.303. The lowest BCUT2D eigenvalue weighted by Crippen LogP contribution is -2.37. The van der Waals surface area contributed by atoms with Crippen molar-refractivity contribution in [1.29, 1.82) is 0 Å². The van der Waals surface area contributed by atoms with Gasteiger partial charge in [0.05, 0.1) is 5.41 Å². The number of likely N-dealkylation sites (N-methyl/N-ethyl adjacent to an activating group) is 1. The summed E-state index contributed by atoms with van der Waals surface area (Å²) in [4.78, 5) is 14.5. The van der Waals surface area contributed by atoms with E-state index in [0.29, 0.717) is 5.91 Å². The summed E-state index contributed by atoms with van der Waals surface area (Å²) < 4.78 is 0. The third-order valence-corrected chi connectivity index (χ3v) is 4.52. The maximum atomic E-state index is 12.6. The maximum Gasteiger partial charge on any atom is 0.232 e. The summed E-state index contributed by atoms with van der Waals surface area (Å²) in [7, 11) is 1.94. The second kappa shape index (κ2) is 6.56. The van der Waals surface area contributed by atoms with Crippen molar-refractivity contribution >= 4 is 21.8 Å². The molecule has 0 N–H and O–H groups in total. The molecule has 0 unspecified atom stereocenters. The number of halogens is 1. The molecule has 1 saturated carbocycles. The quantitative estimate of drug-likeness (QED) is 0.553. The zero-order valence-corrected chi connectivity index (χ0v) is 13.2. The van der Waals surface area contributed by atoms with Gasteiger partial charge >= 0.3 is 0 Å². The monoisotopic (exact) mass is 323 g/mol. The van der Waals surface area contributed by atoms with Crippen LogP contribution in [0, 0.1) is 0 Å². The van der Waals surface area contributed by atoms with Gasteiger partial charge in [0.25, 0.3) is 0 Å². The molecule has 1 aromatic rings. The van der Waals surface area contributed by atoms with Crippen molar-refractivity contribution in [3.05, 3.63) is 35.9 Å². The molecule has 0 aromatic heterocycles. The molecule has 1 aliphatic carbocycles. The molecule has 0 atom stereocenters. The zero-order chi connectivity index (χ0) is 13.7. The van der Waals surface area contributed by atoms with E-state index in [4.69, 9.17) is 0 Å². The standard InChI is InChI=1S/C16H22BrNO/c1-18(13-7-3-6-12-17)15(19)16(10-11-16)14-8-4-2-5-9-14/h2,4-5,8-9H,3,6-7,10-13H2,1H3. The predicted molar refractivity (Wildman–Crippen MR) is 82.6 cm³/mol. The van der Waals surface area contributed by atoms with Crippen LogP contribution in [0.2, 0.25) is 0 Å². The Bertz CT molecular complexity index is 414. The number of hydrogen-bond donors (Lipinski definition) is 0. The van der Waals surface area contributed by atoms with E-state index in [1.807, 2.05) is 30.1 Å². The number of benzene rings is 1. The molecule has 0 heterocycles. The van der Waals surface area contributed by atoms with E-state index in [9.17, 15) is 4.79 Å². The molecule has 0 bridgehead atoms. The highest BCUT2D eigenvalue weighted by molar-refractivity contribution is 9.09. The van der Waals surface area contributed by atoms with E-state index in [1.54, 1.807) is 0 Å². The molecule has 0 radical (unpaired) electrons. The topological polar surface area (TPSA) is 20.3 Å². The number of rotatable bonds is 7. The lowest BCUT2D eigenvalue weighted by atomic mass is 9.94. The van der Waals surface area contributed by atoms with E-state index >= 15 is 0 Å². The van der Waals surface area contributed by atoms with Crippen LogP contribution in [0.1, 0.15) is 37.7 Å². The second-order valence-corrected chi connectivity index (χ2v) is 6.22. The molecule has 1 aliphatic rings. The molecule has 104 valence electrons. The molecule has 2 rings (SSSR count). The summed E-state index contributed by atoms with van der Waals surface area (Å²) in [5.41, 5.74) is 0.984. The molecular formula is C16H22BrNO. The van der Waals surface area contributed by atoms with Gasteiger partial charge in [-0.2, -0.15) is 0 Å². The smallest absolute Gasteiger partial charge is 0.232 e. The molecule has 1 fully saturated rings. The van der Waals surface area contributed by atoms with Crippen LogP contribution >= 0.6 is 15.9 Å². The van der Waals surface area contributed by atoms with Gasteiger partial charge < -0.3 is 4.90 Å². The first-order valence-corrected chi connectivity index (χ1v) is 8.20. The number of alkyl halides is 1. The number of amides is 1. The van der Waals surface area contributed by atoms with Gasteiger partial charge in [-0.1, -0.05) is 52.7 Å². The fourth-order valence-electron chi connectivity index (χ4n) is 2.60. The summed E-state index contributed by atoms with van der Waals surface area (Å²) >= 11 is 3.44. The van der Waals surface area contributed by atoms with Crippen molar-refractivity contribution in [2.24, 2.45) is 0 Å². The fourth-order valence-corrected chi connectivity index (χ4v) is 2.99. The van der Waals surface area contributed by atoms with Crippen LogP contribution in [-0.4, -0.2) is 29.7 Å². The maximum absolute atomic E-state index is 12.6. The largest absolute Gasteiger partial charge is 0.345 e. The van der Waals surface area contributed by atoms with Crippen molar-refractivity contribution in [3.8, 4) is 0 Å². The molecule has 0 saturated heterocycles. The van der Waals surface area contributed by atoms with E-state index in [0.717, 1.165) is 31.1 Å². The summed E-state index contributed by atoms with van der Waals surface area (Å²) in [6.45, 7) is 0.875. The predicted octanol–water partition coefficient (Wildman–Crippen LogP) is 3.74. The lowest BCUT2D eigenvalue weighted by Gasteiger charge is -2.24. The molecule has 0 aliphatic heterocycles. The van der Waals surface area contributed by atoms with Crippen LogP contribution in [0.15, 0.2) is 30.3 Å². The molecular weight excluding hydrogens is 302 g/mol. The SMILES string of the molecule is CN(CCCCCBr)C(=O)C1(c2ccccc2)CC1. The van der Waals surface area contributed by atoms with Crippen LogP contribution in [-0.2, 0) is 10.2 Å². The molecule has 1 amide bonds. The van der Waals surface area contributed by atoms with Crippen molar-refractivity contribution in [3.63, 3.8) is 0 Å². The van der Waals surface area contributed by atoms with Crippen molar-refractivity contribution in [2.45, 2.75) is 37.5 Å². The van der Waals surface area contributed by atoms with Gasteiger partial charge in [-0.25, -0.2) is 0 Å². The third kappa shape index (κ3) is 3.38. The number of carbonyl (C=O) groups excluding carboxylic acids is 1. The minimum Gasteiger partial charge on any atom is -0.345 e. The van der Waals surface area contributed by atoms with Gasteiger partial charge in [-0.15, -0.1) is 0 Å². The summed E-state index contributed by atoms with van der Waals surface area (Å²) in [6, 6.07) is 10.2. The molecule has 19 heavy (non-hydrogen) atoms. The first kappa shape index (κ1) is 14.6. The highest BCUT2D eigenvalue weighted by Crippen LogP contribution is 2.49. The Morgan fingerprint density at radius 1 is 1.21 bits per heavy atom. The van der Waals surface area contributed by atoms with Crippen molar-refractivity contribution < 1.29 is 4.79 Å². The Hall–Kier alpha value is -0.830. The zero-order valence-electron chi connectivity index (χ0n) is 11.6. The van der Waals surface area contributed by atoms with Crippen LogP contribution in [0.3, 0.4) is 0 Å². The van der Waals surface area contributed by atoms with Gasteiger partial charge in [-0.3, -0.25) is 4.79 Å². The lowest BCUT2D eigenvalue weighted by molar-refractivity contribution is -0.132. The first-order valence-electron chi connectivity index (χ1n) is 7.08. The van der Waals surface area contributed by atoms with Crippen LogP contribution in [0.5, 0.6) is 0 Å². The van der Waals surface area contributed by atoms with E-state index in [2.05, 4.69) is 28.1 Å².